The number of nitrogens with one attached hydrogen (secondary N) is 1. The molecule has 1 atom stereocenters. The molecule has 4 N–H and O–H groups in total. The Morgan fingerprint density at radius 1 is 1.56 bits per heavy atom. The first-order chi connectivity index (χ1) is 7.49. The van der Waals surface area contributed by atoms with E-state index in [0.29, 0.717) is 24.0 Å². The number of halogens is 1. The number of hydrogen-bond acceptors (Lipinski definition) is 5. The number of nitrogens with zero attached hydrogens (tertiary/aromatic N) is 2. The number of hydrogen-bond donors (Lipinski definition) is 3. The van der Waals surface area contributed by atoms with Gasteiger partial charge >= 0.3 is 0 Å². The highest BCUT2D eigenvalue weighted by molar-refractivity contribution is 6.28. The average molecular weight is 245 g/mol. The first-order valence-electron chi connectivity index (χ1n) is 5.19. The van der Waals surface area contributed by atoms with E-state index in [1.807, 2.05) is 0 Å². The molecule has 1 unspecified atom stereocenters. The monoisotopic (exact) mass is 244 g/mol. The molecule has 0 spiro atoms. The van der Waals surface area contributed by atoms with Gasteiger partial charge < -0.3 is 16.2 Å². The minimum Gasteiger partial charge on any atom is -0.394 e. The number of nitrogen functional groups attached to an aromatic ring is 1. The SMILES string of the molecule is CC(C)CC(O)CNc1nc(Cl)ncc1N. The zero-order valence-electron chi connectivity index (χ0n) is 9.44. The van der Waals surface area contributed by atoms with Gasteiger partial charge in [0.2, 0.25) is 5.28 Å². The number of aromatic nitrogens is 2. The molecular formula is C10H17ClN4O. The van der Waals surface area contributed by atoms with Crippen molar-refractivity contribution in [2.45, 2.75) is 26.4 Å². The molecule has 0 aliphatic rings. The largest absolute Gasteiger partial charge is 0.394 e. The molecule has 5 nitrogen and oxygen atoms in total. The van der Waals surface area contributed by atoms with Gasteiger partial charge in [-0.15, -0.1) is 0 Å². The summed E-state index contributed by atoms with van der Waals surface area (Å²) in [5, 5.41) is 12.7. The molecule has 16 heavy (non-hydrogen) atoms. The van der Waals surface area contributed by atoms with Crippen molar-refractivity contribution < 1.29 is 5.11 Å². The van der Waals surface area contributed by atoms with E-state index in [-0.39, 0.29) is 5.28 Å². The summed E-state index contributed by atoms with van der Waals surface area (Å²) < 4.78 is 0. The van der Waals surface area contributed by atoms with Crippen molar-refractivity contribution in [2.24, 2.45) is 5.92 Å². The third kappa shape index (κ3) is 4.20. The van der Waals surface area contributed by atoms with Gasteiger partial charge in [0.1, 0.15) is 0 Å². The van der Waals surface area contributed by atoms with E-state index >= 15 is 0 Å². The van der Waals surface area contributed by atoms with Crippen LogP contribution in [0.2, 0.25) is 5.28 Å². The molecular weight excluding hydrogens is 228 g/mol. The highest BCUT2D eigenvalue weighted by Crippen LogP contribution is 2.16. The van der Waals surface area contributed by atoms with Gasteiger partial charge in [0, 0.05) is 6.54 Å². The van der Waals surface area contributed by atoms with Crippen LogP contribution >= 0.6 is 11.6 Å². The molecule has 0 radical (unpaired) electrons. The van der Waals surface area contributed by atoms with Crippen molar-refractivity contribution in [1.82, 2.24) is 9.97 Å². The maximum atomic E-state index is 9.66. The van der Waals surface area contributed by atoms with E-state index in [4.69, 9.17) is 17.3 Å². The van der Waals surface area contributed by atoms with E-state index in [2.05, 4.69) is 29.1 Å². The van der Waals surface area contributed by atoms with Crippen molar-refractivity contribution in [1.29, 1.82) is 0 Å². The molecule has 0 aliphatic heterocycles. The maximum Gasteiger partial charge on any atom is 0.224 e. The van der Waals surface area contributed by atoms with Gasteiger partial charge in [-0.2, -0.15) is 4.98 Å². The molecule has 0 fully saturated rings. The summed E-state index contributed by atoms with van der Waals surface area (Å²) in [5.41, 5.74) is 6.07. The van der Waals surface area contributed by atoms with Crippen LogP contribution in [-0.2, 0) is 0 Å². The lowest BCUT2D eigenvalue weighted by Gasteiger charge is -2.14. The summed E-state index contributed by atoms with van der Waals surface area (Å²) in [5.74, 6) is 0.908. The Labute approximate surface area is 100 Å². The lowest BCUT2D eigenvalue weighted by atomic mass is 10.1. The summed E-state index contributed by atoms with van der Waals surface area (Å²) in [4.78, 5) is 7.67. The molecule has 0 saturated heterocycles. The number of aliphatic hydroxyl groups is 1. The second-order valence-electron chi connectivity index (χ2n) is 4.11. The van der Waals surface area contributed by atoms with Crippen molar-refractivity contribution in [3.05, 3.63) is 11.5 Å². The molecule has 90 valence electrons. The third-order valence-corrected chi connectivity index (χ3v) is 2.22. The second-order valence-corrected chi connectivity index (χ2v) is 4.45. The van der Waals surface area contributed by atoms with Crippen molar-refractivity contribution in [3.63, 3.8) is 0 Å². The Kier molecular flexibility index (Phi) is 4.76. The van der Waals surface area contributed by atoms with Crippen molar-refractivity contribution in [3.8, 4) is 0 Å². The predicted molar refractivity (Wildman–Crippen MR) is 65.4 cm³/mol. The Morgan fingerprint density at radius 3 is 2.88 bits per heavy atom. The Morgan fingerprint density at radius 2 is 2.25 bits per heavy atom. The lowest BCUT2D eigenvalue weighted by Crippen LogP contribution is -2.22. The maximum absolute atomic E-state index is 9.66. The number of rotatable bonds is 5. The minimum absolute atomic E-state index is 0.134. The van der Waals surface area contributed by atoms with Crippen LogP contribution in [0.5, 0.6) is 0 Å². The highest BCUT2D eigenvalue weighted by Gasteiger charge is 2.08. The zero-order valence-corrected chi connectivity index (χ0v) is 10.2. The number of anilines is 2. The van der Waals surface area contributed by atoms with Crippen LogP contribution in [-0.4, -0.2) is 27.7 Å². The van der Waals surface area contributed by atoms with Crippen LogP contribution in [0.1, 0.15) is 20.3 Å². The lowest BCUT2D eigenvalue weighted by molar-refractivity contribution is 0.161. The molecule has 0 saturated carbocycles. The number of aliphatic hydroxyl groups excluding tert-OH is 1. The van der Waals surface area contributed by atoms with E-state index in [1.54, 1.807) is 0 Å². The molecule has 1 aromatic rings. The van der Waals surface area contributed by atoms with Crippen LogP contribution < -0.4 is 11.1 Å². The van der Waals surface area contributed by atoms with E-state index in [0.717, 1.165) is 6.42 Å². The smallest absolute Gasteiger partial charge is 0.224 e. The van der Waals surface area contributed by atoms with E-state index in [1.165, 1.54) is 6.20 Å². The quantitative estimate of drug-likeness (QED) is 0.684. The molecule has 1 heterocycles. The Balaban J connectivity index is 2.51. The average Bonchev–Trinajstić information content (AvgIpc) is 2.18. The second kappa shape index (κ2) is 5.86. The van der Waals surface area contributed by atoms with Gasteiger partial charge in [0.15, 0.2) is 5.82 Å². The van der Waals surface area contributed by atoms with Crippen molar-refractivity contribution >= 4 is 23.1 Å². The molecule has 0 aliphatic carbocycles. The molecule has 0 aromatic carbocycles. The van der Waals surface area contributed by atoms with Gasteiger partial charge in [-0.05, 0) is 23.9 Å². The molecule has 0 amide bonds. The molecule has 0 bridgehead atoms. The van der Waals surface area contributed by atoms with E-state index < -0.39 is 6.10 Å². The standard InChI is InChI=1S/C10H17ClN4O/c1-6(2)3-7(16)4-13-9-8(12)5-14-10(11)15-9/h5-7,16H,3-4,12H2,1-2H3,(H,13,14,15). The summed E-state index contributed by atoms with van der Waals surface area (Å²) in [6.07, 6.45) is 1.74. The van der Waals surface area contributed by atoms with Gasteiger partial charge in [0.25, 0.3) is 0 Å². The Hall–Kier alpha value is -1.07. The zero-order chi connectivity index (χ0) is 12.1. The normalized spacial score (nSPS) is 12.8. The summed E-state index contributed by atoms with van der Waals surface area (Å²) >= 11 is 5.64. The molecule has 6 heteroatoms. The first kappa shape index (κ1) is 13.0. The Bertz CT molecular complexity index is 346. The summed E-state index contributed by atoms with van der Waals surface area (Å²) in [6, 6.07) is 0. The topological polar surface area (TPSA) is 84.1 Å². The highest BCUT2D eigenvalue weighted by atomic mass is 35.5. The van der Waals surface area contributed by atoms with Crippen LogP contribution in [0.25, 0.3) is 0 Å². The van der Waals surface area contributed by atoms with Crippen LogP contribution in [0, 0.1) is 5.92 Å². The van der Waals surface area contributed by atoms with E-state index in [9.17, 15) is 5.11 Å². The van der Waals surface area contributed by atoms with Gasteiger partial charge in [-0.3, -0.25) is 0 Å². The van der Waals surface area contributed by atoms with Crippen LogP contribution in [0.4, 0.5) is 11.5 Å². The van der Waals surface area contributed by atoms with Gasteiger partial charge in [0.05, 0.1) is 18.0 Å². The van der Waals surface area contributed by atoms with Crippen LogP contribution in [0.15, 0.2) is 6.20 Å². The summed E-state index contributed by atoms with van der Waals surface area (Å²) in [6.45, 7) is 4.51. The summed E-state index contributed by atoms with van der Waals surface area (Å²) in [7, 11) is 0. The fraction of sp³-hybridized carbons (Fsp3) is 0.600. The fourth-order valence-electron chi connectivity index (χ4n) is 1.35. The molecule has 1 aromatic heterocycles. The molecule has 1 rings (SSSR count). The van der Waals surface area contributed by atoms with Gasteiger partial charge in [-0.1, -0.05) is 13.8 Å². The first-order valence-corrected chi connectivity index (χ1v) is 5.56. The van der Waals surface area contributed by atoms with Crippen LogP contribution in [0.3, 0.4) is 0 Å². The fourth-order valence-corrected chi connectivity index (χ4v) is 1.49. The minimum atomic E-state index is -0.423. The third-order valence-electron chi connectivity index (χ3n) is 2.04. The predicted octanol–water partition coefficient (Wildman–Crippen LogP) is 1.53. The van der Waals surface area contributed by atoms with Gasteiger partial charge in [-0.25, -0.2) is 4.98 Å². The number of nitrogens with two attached hydrogens (primary N) is 1. The van der Waals surface area contributed by atoms with Crippen molar-refractivity contribution in [2.75, 3.05) is 17.6 Å².